The highest BCUT2D eigenvalue weighted by atomic mass is 35.5. The van der Waals surface area contributed by atoms with Gasteiger partial charge in [0.05, 0.1) is 11.3 Å². The monoisotopic (exact) mass is 280 g/mol. The molecule has 1 heterocycles. The van der Waals surface area contributed by atoms with Gasteiger partial charge in [0.1, 0.15) is 0 Å². The zero-order valence-electron chi connectivity index (χ0n) is 10.9. The predicted molar refractivity (Wildman–Crippen MR) is 75.5 cm³/mol. The summed E-state index contributed by atoms with van der Waals surface area (Å²) in [4.78, 5) is 25.5. The first-order chi connectivity index (χ1) is 9.08. The van der Waals surface area contributed by atoms with E-state index in [2.05, 4.69) is 5.32 Å². The molecule has 1 fully saturated rings. The van der Waals surface area contributed by atoms with Crippen molar-refractivity contribution in [3.8, 4) is 0 Å². The number of benzene rings is 1. The Morgan fingerprint density at radius 1 is 1.21 bits per heavy atom. The van der Waals surface area contributed by atoms with Crippen molar-refractivity contribution in [2.75, 3.05) is 18.4 Å². The largest absolute Gasteiger partial charge is 0.339 e. The normalized spacial score (nSPS) is 15.2. The van der Waals surface area contributed by atoms with Crippen molar-refractivity contribution in [1.82, 2.24) is 4.90 Å². The molecule has 2 amide bonds. The Labute approximate surface area is 117 Å². The predicted octanol–water partition coefficient (Wildman–Crippen LogP) is 2.92. The third-order valence-corrected chi connectivity index (χ3v) is 3.40. The highest BCUT2D eigenvalue weighted by molar-refractivity contribution is 6.31. The Bertz CT molecular complexity index is 496. The smallest absolute Gasteiger partial charge is 0.255 e. The lowest BCUT2D eigenvalue weighted by Gasteiger charge is -2.27. The number of carbonyl (C=O) groups excluding carboxylic acids is 2. The van der Waals surface area contributed by atoms with Gasteiger partial charge in [-0.15, -0.1) is 0 Å². The molecule has 102 valence electrons. The zero-order valence-corrected chi connectivity index (χ0v) is 11.7. The van der Waals surface area contributed by atoms with Crippen LogP contribution in [0.4, 0.5) is 5.69 Å². The standard InChI is InChI=1S/C14H17ClN2O2/c1-10(18)16-13-9-11(15)5-6-12(13)14(19)17-7-3-2-4-8-17/h5-6,9H,2-4,7-8H2,1H3,(H,16,18). The van der Waals surface area contributed by atoms with Crippen LogP contribution in [0.1, 0.15) is 36.5 Å². The molecule has 0 atom stereocenters. The highest BCUT2D eigenvalue weighted by Crippen LogP contribution is 2.24. The lowest BCUT2D eigenvalue weighted by Crippen LogP contribution is -2.36. The van der Waals surface area contributed by atoms with Gasteiger partial charge in [-0.25, -0.2) is 0 Å². The molecule has 1 aromatic carbocycles. The van der Waals surface area contributed by atoms with E-state index in [9.17, 15) is 9.59 Å². The number of anilines is 1. The van der Waals surface area contributed by atoms with Crippen molar-refractivity contribution in [1.29, 1.82) is 0 Å². The molecule has 1 N–H and O–H groups in total. The molecule has 0 aromatic heterocycles. The van der Waals surface area contributed by atoms with Gasteiger partial charge in [-0.1, -0.05) is 11.6 Å². The number of nitrogens with one attached hydrogen (secondary N) is 1. The van der Waals surface area contributed by atoms with E-state index in [-0.39, 0.29) is 11.8 Å². The number of halogens is 1. The van der Waals surface area contributed by atoms with E-state index in [4.69, 9.17) is 11.6 Å². The minimum Gasteiger partial charge on any atom is -0.339 e. The van der Waals surface area contributed by atoms with Gasteiger partial charge in [-0.3, -0.25) is 9.59 Å². The molecule has 4 nitrogen and oxygen atoms in total. The van der Waals surface area contributed by atoms with E-state index in [1.54, 1.807) is 18.2 Å². The van der Waals surface area contributed by atoms with Gasteiger partial charge in [-0.2, -0.15) is 0 Å². The van der Waals surface area contributed by atoms with Crippen LogP contribution >= 0.6 is 11.6 Å². The van der Waals surface area contributed by atoms with Gasteiger partial charge in [-0.05, 0) is 37.5 Å². The molecule has 0 radical (unpaired) electrons. The number of nitrogens with zero attached hydrogens (tertiary/aromatic N) is 1. The quantitative estimate of drug-likeness (QED) is 0.905. The van der Waals surface area contributed by atoms with Crippen LogP contribution in [0.5, 0.6) is 0 Å². The number of hydrogen-bond acceptors (Lipinski definition) is 2. The van der Waals surface area contributed by atoms with Gasteiger partial charge < -0.3 is 10.2 Å². The number of piperidine rings is 1. The van der Waals surface area contributed by atoms with Crippen molar-refractivity contribution in [2.24, 2.45) is 0 Å². The van der Waals surface area contributed by atoms with Gasteiger partial charge in [0, 0.05) is 25.0 Å². The Morgan fingerprint density at radius 2 is 1.89 bits per heavy atom. The maximum Gasteiger partial charge on any atom is 0.255 e. The molecule has 0 spiro atoms. The Balaban J connectivity index is 2.26. The average Bonchev–Trinajstić information content (AvgIpc) is 2.38. The molecule has 1 aromatic rings. The summed E-state index contributed by atoms with van der Waals surface area (Å²) in [5.41, 5.74) is 0.983. The molecule has 0 aliphatic carbocycles. The van der Waals surface area contributed by atoms with E-state index >= 15 is 0 Å². The van der Waals surface area contributed by atoms with Crippen LogP contribution in [0, 0.1) is 0 Å². The molecule has 1 saturated heterocycles. The SMILES string of the molecule is CC(=O)Nc1cc(Cl)ccc1C(=O)N1CCCCC1. The van der Waals surface area contributed by atoms with Crippen LogP contribution in [-0.2, 0) is 4.79 Å². The van der Waals surface area contributed by atoms with Crippen LogP contribution in [0.25, 0.3) is 0 Å². The number of rotatable bonds is 2. The molecular weight excluding hydrogens is 264 g/mol. The number of likely N-dealkylation sites (tertiary alicyclic amines) is 1. The summed E-state index contributed by atoms with van der Waals surface area (Å²) >= 11 is 5.91. The maximum atomic E-state index is 12.4. The summed E-state index contributed by atoms with van der Waals surface area (Å²) < 4.78 is 0. The fraction of sp³-hybridized carbons (Fsp3) is 0.429. The van der Waals surface area contributed by atoms with Crippen molar-refractivity contribution < 1.29 is 9.59 Å². The van der Waals surface area contributed by atoms with Gasteiger partial charge in [0.15, 0.2) is 0 Å². The van der Waals surface area contributed by atoms with Crippen LogP contribution < -0.4 is 5.32 Å². The number of carbonyl (C=O) groups is 2. The molecule has 1 aliphatic heterocycles. The summed E-state index contributed by atoms with van der Waals surface area (Å²) in [5.74, 6) is -0.255. The topological polar surface area (TPSA) is 49.4 Å². The van der Waals surface area contributed by atoms with Crippen LogP contribution in [0.15, 0.2) is 18.2 Å². The lowest BCUT2D eigenvalue weighted by atomic mass is 10.1. The zero-order chi connectivity index (χ0) is 13.8. The minimum atomic E-state index is -0.213. The second kappa shape index (κ2) is 6.06. The Hall–Kier alpha value is -1.55. The van der Waals surface area contributed by atoms with Gasteiger partial charge in [0.25, 0.3) is 5.91 Å². The van der Waals surface area contributed by atoms with E-state index in [1.165, 1.54) is 13.3 Å². The fourth-order valence-electron chi connectivity index (χ4n) is 2.26. The van der Waals surface area contributed by atoms with Crippen LogP contribution in [-0.4, -0.2) is 29.8 Å². The molecular formula is C14H17ClN2O2. The summed E-state index contributed by atoms with van der Waals surface area (Å²) in [6.45, 7) is 2.97. The summed E-state index contributed by atoms with van der Waals surface area (Å²) in [6.07, 6.45) is 3.24. The Morgan fingerprint density at radius 3 is 2.53 bits per heavy atom. The second-order valence-corrected chi connectivity index (χ2v) is 5.16. The lowest BCUT2D eigenvalue weighted by molar-refractivity contribution is -0.114. The highest BCUT2D eigenvalue weighted by Gasteiger charge is 2.21. The number of amides is 2. The van der Waals surface area contributed by atoms with Crippen molar-refractivity contribution in [2.45, 2.75) is 26.2 Å². The van der Waals surface area contributed by atoms with Crippen molar-refractivity contribution in [3.05, 3.63) is 28.8 Å². The Kier molecular flexibility index (Phi) is 4.43. The molecule has 1 aliphatic rings. The van der Waals surface area contributed by atoms with Crippen molar-refractivity contribution in [3.63, 3.8) is 0 Å². The molecule has 0 saturated carbocycles. The summed E-state index contributed by atoms with van der Waals surface area (Å²) in [7, 11) is 0. The minimum absolute atomic E-state index is 0.0416. The first-order valence-corrected chi connectivity index (χ1v) is 6.82. The maximum absolute atomic E-state index is 12.4. The first-order valence-electron chi connectivity index (χ1n) is 6.44. The van der Waals surface area contributed by atoms with Crippen LogP contribution in [0.3, 0.4) is 0 Å². The second-order valence-electron chi connectivity index (χ2n) is 4.72. The molecule has 0 bridgehead atoms. The van der Waals surface area contributed by atoms with E-state index in [0.717, 1.165) is 25.9 Å². The first kappa shape index (κ1) is 13.9. The number of hydrogen-bond donors (Lipinski definition) is 1. The van der Waals surface area contributed by atoms with Gasteiger partial charge >= 0.3 is 0 Å². The molecule has 2 rings (SSSR count). The third-order valence-electron chi connectivity index (χ3n) is 3.17. The van der Waals surface area contributed by atoms with E-state index in [0.29, 0.717) is 16.3 Å². The molecule has 0 unspecified atom stereocenters. The fourth-order valence-corrected chi connectivity index (χ4v) is 2.44. The van der Waals surface area contributed by atoms with Crippen molar-refractivity contribution >= 4 is 29.1 Å². The third kappa shape index (κ3) is 3.47. The van der Waals surface area contributed by atoms with Gasteiger partial charge in [0.2, 0.25) is 5.91 Å². The molecule has 19 heavy (non-hydrogen) atoms. The summed E-state index contributed by atoms with van der Waals surface area (Å²) in [6, 6.07) is 4.95. The summed E-state index contributed by atoms with van der Waals surface area (Å²) in [5, 5.41) is 3.16. The van der Waals surface area contributed by atoms with E-state index in [1.807, 2.05) is 4.90 Å². The van der Waals surface area contributed by atoms with Crippen LogP contribution in [0.2, 0.25) is 5.02 Å². The molecule has 5 heteroatoms. The average molecular weight is 281 g/mol. The van der Waals surface area contributed by atoms with E-state index < -0.39 is 0 Å².